The molecular weight excluding hydrogens is 550 g/mol. The molecule has 0 atom stereocenters. The van der Waals surface area contributed by atoms with E-state index in [0.29, 0.717) is 22.6 Å². The number of benzene rings is 4. The van der Waals surface area contributed by atoms with Gasteiger partial charge in [0, 0.05) is 33.5 Å². The van der Waals surface area contributed by atoms with Gasteiger partial charge < -0.3 is 25.8 Å². The number of carbonyl (C=O) groups excluding carboxylic acids is 3. The van der Waals surface area contributed by atoms with Crippen molar-refractivity contribution >= 4 is 46.9 Å². The number of aryl methyl sites for hydroxylation is 2. The van der Waals surface area contributed by atoms with Crippen molar-refractivity contribution in [2.75, 3.05) is 23.5 Å². The van der Waals surface area contributed by atoms with Crippen LogP contribution >= 0.6 is 11.8 Å². The first-order chi connectivity index (χ1) is 20.2. The van der Waals surface area contributed by atoms with Crippen molar-refractivity contribution in [3.8, 4) is 11.5 Å². The van der Waals surface area contributed by atoms with Crippen LogP contribution in [0.4, 0.5) is 11.4 Å². The Morgan fingerprint density at radius 2 is 1.60 bits per heavy atom. The van der Waals surface area contributed by atoms with Crippen LogP contribution < -0.4 is 20.7 Å². The van der Waals surface area contributed by atoms with Crippen LogP contribution in [0.15, 0.2) is 102 Å². The maximum absolute atomic E-state index is 13.4. The third kappa shape index (κ3) is 8.25. The summed E-state index contributed by atoms with van der Waals surface area (Å²) >= 11 is 1.33. The van der Waals surface area contributed by atoms with Gasteiger partial charge in [0.05, 0.1) is 12.9 Å². The largest absolute Gasteiger partial charge is 0.508 e. The minimum atomic E-state index is -0.566. The smallest absolute Gasteiger partial charge is 0.272 e. The number of amides is 3. The molecule has 0 heterocycles. The van der Waals surface area contributed by atoms with Gasteiger partial charge in [-0.3, -0.25) is 14.4 Å². The third-order valence-corrected chi connectivity index (χ3v) is 7.29. The molecule has 4 aromatic rings. The van der Waals surface area contributed by atoms with Gasteiger partial charge in [-0.2, -0.15) is 0 Å². The molecule has 0 unspecified atom stereocenters. The van der Waals surface area contributed by atoms with Crippen LogP contribution in [-0.4, -0.2) is 35.7 Å². The number of anilines is 2. The van der Waals surface area contributed by atoms with Crippen LogP contribution in [0.1, 0.15) is 27.0 Å². The molecule has 0 aliphatic carbocycles. The lowest BCUT2D eigenvalue weighted by atomic mass is 10.1. The second kappa shape index (κ2) is 14.0. The van der Waals surface area contributed by atoms with E-state index in [2.05, 4.69) is 16.0 Å². The molecule has 9 heteroatoms. The monoisotopic (exact) mass is 581 g/mol. The van der Waals surface area contributed by atoms with E-state index < -0.39 is 11.8 Å². The molecule has 0 aliphatic heterocycles. The van der Waals surface area contributed by atoms with Crippen molar-refractivity contribution in [2.45, 2.75) is 18.7 Å². The Bertz CT molecular complexity index is 1640. The normalized spacial score (nSPS) is 11.0. The molecule has 0 spiro atoms. The van der Waals surface area contributed by atoms with E-state index in [1.165, 1.54) is 37.1 Å². The highest BCUT2D eigenvalue weighted by Gasteiger charge is 2.17. The van der Waals surface area contributed by atoms with E-state index in [1.54, 1.807) is 54.6 Å². The Balaban J connectivity index is 1.48. The zero-order chi connectivity index (χ0) is 30.1. The number of phenolic OH excluding ortho intramolecular Hbond substituents is 1. The summed E-state index contributed by atoms with van der Waals surface area (Å²) in [7, 11) is 1.44. The van der Waals surface area contributed by atoms with Gasteiger partial charge in [-0.25, -0.2) is 0 Å². The number of rotatable bonds is 10. The second-order valence-electron chi connectivity index (χ2n) is 9.42. The van der Waals surface area contributed by atoms with Crippen molar-refractivity contribution < 1.29 is 24.2 Å². The topological polar surface area (TPSA) is 117 Å². The van der Waals surface area contributed by atoms with E-state index in [9.17, 15) is 19.5 Å². The van der Waals surface area contributed by atoms with Crippen LogP contribution in [0.3, 0.4) is 0 Å². The predicted molar refractivity (Wildman–Crippen MR) is 167 cm³/mol. The van der Waals surface area contributed by atoms with Crippen LogP contribution in [0.25, 0.3) is 6.08 Å². The van der Waals surface area contributed by atoms with Crippen molar-refractivity contribution in [1.29, 1.82) is 0 Å². The summed E-state index contributed by atoms with van der Waals surface area (Å²) < 4.78 is 5.34. The molecule has 0 saturated carbocycles. The summed E-state index contributed by atoms with van der Waals surface area (Å²) in [5, 5.41) is 18.2. The molecule has 0 saturated heterocycles. The summed E-state index contributed by atoms with van der Waals surface area (Å²) in [6.45, 7) is 4.01. The van der Waals surface area contributed by atoms with Crippen LogP contribution in [0, 0.1) is 13.8 Å². The van der Waals surface area contributed by atoms with Crippen LogP contribution in [0.5, 0.6) is 11.5 Å². The highest BCUT2D eigenvalue weighted by molar-refractivity contribution is 8.00. The van der Waals surface area contributed by atoms with E-state index in [0.717, 1.165) is 21.7 Å². The van der Waals surface area contributed by atoms with Gasteiger partial charge in [-0.1, -0.05) is 30.3 Å². The van der Waals surface area contributed by atoms with E-state index in [4.69, 9.17) is 4.74 Å². The zero-order valence-corrected chi connectivity index (χ0v) is 24.2. The van der Waals surface area contributed by atoms with E-state index >= 15 is 0 Å². The van der Waals surface area contributed by atoms with Gasteiger partial charge in [0.25, 0.3) is 11.8 Å². The fourth-order valence-electron chi connectivity index (χ4n) is 3.94. The average Bonchev–Trinajstić information content (AvgIpc) is 2.99. The van der Waals surface area contributed by atoms with Gasteiger partial charge >= 0.3 is 0 Å². The fraction of sp³-hybridized carbons (Fsp3) is 0.121. The number of hydrogen-bond acceptors (Lipinski definition) is 6. The molecular formula is C33H31N3O5S. The summed E-state index contributed by atoms with van der Waals surface area (Å²) in [6, 6.07) is 25.8. The Morgan fingerprint density at radius 3 is 2.33 bits per heavy atom. The molecule has 3 amide bonds. The first-order valence-corrected chi connectivity index (χ1v) is 14.1. The van der Waals surface area contributed by atoms with Gasteiger partial charge in [-0.05, 0) is 85.6 Å². The lowest BCUT2D eigenvalue weighted by Gasteiger charge is -2.13. The minimum absolute atomic E-state index is 0.000277. The summed E-state index contributed by atoms with van der Waals surface area (Å²) in [5.74, 6) is -0.664. The number of aromatic hydroxyl groups is 1. The first kappa shape index (κ1) is 30.0. The summed E-state index contributed by atoms with van der Waals surface area (Å²) in [6.07, 6.45) is 1.48. The number of carbonyl (C=O) groups is 3. The van der Waals surface area contributed by atoms with E-state index in [-0.39, 0.29) is 23.1 Å². The summed E-state index contributed by atoms with van der Waals surface area (Å²) in [5.41, 5.74) is 4.31. The third-order valence-electron chi connectivity index (χ3n) is 6.30. The second-order valence-corrected chi connectivity index (χ2v) is 10.5. The molecule has 42 heavy (non-hydrogen) atoms. The van der Waals surface area contributed by atoms with Gasteiger partial charge in [0.1, 0.15) is 17.2 Å². The van der Waals surface area contributed by atoms with E-state index in [1.807, 2.05) is 38.1 Å². The highest BCUT2D eigenvalue weighted by Crippen LogP contribution is 2.27. The molecule has 8 nitrogen and oxygen atoms in total. The Labute approximate surface area is 248 Å². The Kier molecular flexibility index (Phi) is 10.0. The maximum atomic E-state index is 13.4. The van der Waals surface area contributed by atoms with Crippen LogP contribution in [0.2, 0.25) is 0 Å². The molecule has 4 aromatic carbocycles. The maximum Gasteiger partial charge on any atom is 0.272 e. The van der Waals surface area contributed by atoms with Crippen molar-refractivity contribution in [2.24, 2.45) is 0 Å². The highest BCUT2D eigenvalue weighted by atomic mass is 32.2. The lowest BCUT2D eigenvalue weighted by molar-refractivity contribution is -0.114. The van der Waals surface area contributed by atoms with Crippen LogP contribution in [-0.2, 0) is 9.59 Å². The zero-order valence-electron chi connectivity index (χ0n) is 23.4. The molecule has 4 rings (SSSR count). The number of hydrogen-bond donors (Lipinski definition) is 4. The molecule has 214 valence electrons. The van der Waals surface area contributed by atoms with Gasteiger partial charge in [0.2, 0.25) is 5.91 Å². The molecule has 0 fully saturated rings. The minimum Gasteiger partial charge on any atom is -0.508 e. The Morgan fingerprint density at radius 1 is 0.833 bits per heavy atom. The van der Waals surface area contributed by atoms with Gasteiger partial charge in [-0.15, -0.1) is 11.8 Å². The quantitative estimate of drug-likeness (QED) is 0.132. The van der Waals surface area contributed by atoms with Crippen molar-refractivity contribution in [3.63, 3.8) is 0 Å². The molecule has 0 aliphatic rings. The molecule has 0 aromatic heterocycles. The number of phenols is 1. The standard InChI is InChI=1S/C33H31N3O5S/c1-21-12-14-26(16-22(21)2)34-31(38)20-42-28-11-7-10-25(18-28)35-33(40)29(36-32(39)23-8-5-4-6-9-23)17-24-13-15-27(37)19-30(24)41-3/h4-19,37H,20H2,1-3H3,(H,34,38)(H,35,40)(H,36,39)/b29-17+. The molecule has 0 radical (unpaired) electrons. The number of ether oxygens (including phenoxy) is 1. The summed E-state index contributed by atoms with van der Waals surface area (Å²) in [4.78, 5) is 39.7. The predicted octanol–water partition coefficient (Wildman–Crippen LogP) is 6.16. The first-order valence-electron chi connectivity index (χ1n) is 13.1. The lowest BCUT2D eigenvalue weighted by Crippen LogP contribution is -2.30. The van der Waals surface area contributed by atoms with Crippen molar-refractivity contribution in [1.82, 2.24) is 5.32 Å². The Hall–Kier alpha value is -5.02. The number of nitrogens with one attached hydrogen (secondary N) is 3. The number of methoxy groups -OCH3 is 1. The van der Waals surface area contributed by atoms with Crippen molar-refractivity contribution in [3.05, 3.63) is 119 Å². The molecule has 4 N–H and O–H groups in total. The SMILES string of the molecule is COc1cc(O)ccc1/C=C(/NC(=O)c1ccccc1)C(=O)Nc1cccc(SCC(=O)Nc2ccc(C)c(C)c2)c1. The number of thioether (sulfide) groups is 1. The average molecular weight is 582 g/mol. The molecule has 0 bridgehead atoms. The fourth-order valence-corrected chi connectivity index (χ4v) is 4.70. The van der Waals surface area contributed by atoms with Gasteiger partial charge in [0.15, 0.2) is 0 Å².